The molecule has 0 unspecified atom stereocenters. The summed E-state index contributed by atoms with van der Waals surface area (Å²) in [6.07, 6.45) is 4.01. The van der Waals surface area contributed by atoms with Crippen LogP contribution < -0.4 is 4.90 Å². The van der Waals surface area contributed by atoms with E-state index < -0.39 is 0 Å². The van der Waals surface area contributed by atoms with E-state index in [4.69, 9.17) is 9.97 Å². The molecular formula is C41H39N5. The minimum absolute atomic E-state index is 0.392. The van der Waals surface area contributed by atoms with Gasteiger partial charge < -0.3 is 4.90 Å². The molecule has 0 saturated heterocycles. The maximum Gasteiger partial charge on any atom is 0.145 e. The number of rotatable bonds is 8. The minimum atomic E-state index is 0.392. The lowest BCUT2D eigenvalue weighted by atomic mass is 9.92. The first kappa shape index (κ1) is 29.3. The lowest BCUT2D eigenvalue weighted by Crippen LogP contribution is -2.10. The summed E-state index contributed by atoms with van der Waals surface area (Å²) in [5.41, 5.74) is 11.4. The van der Waals surface area contributed by atoms with Crippen molar-refractivity contribution in [3.63, 3.8) is 0 Å². The fourth-order valence-electron chi connectivity index (χ4n) is 6.40. The van der Waals surface area contributed by atoms with E-state index in [0.717, 1.165) is 50.9 Å². The van der Waals surface area contributed by atoms with Gasteiger partial charge in [-0.2, -0.15) is 0 Å². The molecule has 0 amide bonds. The topological polar surface area (TPSA) is 38.9 Å². The van der Waals surface area contributed by atoms with Crippen molar-refractivity contribution < 1.29 is 0 Å². The van der Waals surface area contributed by atoms with Gasteiger partial charge >= 0.3 is 0 Å². The number of para-hydroxylation sites is 4. The summed E-state index contributed by atoms with van der Waals surface area (Å²) in [4.78, 5) is 12.2. The van der Waals surface area contributed by atoms with Crippen LogP contribution in [0.3, 0.4) is 0 Å². The van der Waals surface area contributed by atoms with Crippen molar-refractivity contribution in [3.05, 3.63) is 145 Å². The molecule has 0 aliphatic carbocycles. The number of aromatic nitrogens is 4. The van der Waals surface area contributed by atoms with Crippen molar-refractivity contribution >= 4 is 22.4 Å². The zero-order chi connectivity index (χ0) is 31.8. The highest BCUT2D eigenvalue weighted by Gasteiger charge is 2.20. The van der Waals surface area contributed by atoms with E-state index in [1.165, 1.54) is 16.8 Å². The third kappa shape index (κ3) is 5.28. The molecule has 0 fully saturated rings. The van der Waals surface area contributed by atoms with E-state index in [1.807, 2.05) is 18.3 Å². The summed E-state index contributed by atoms with van der Waals surface area (Å²) in [5.74, 6) is 2.64. The molecule has 0 N–H and O–H groups in total. The van der Waals surface area contributed by atoms with Crippen molar-refractivity contribution in [2.45, 2.75) is 39.5 Å². The molecule has 0 aliphatic rings. The average molecular weight is 602 g/mol. The highest BCUT2D eigenvalue weighted by Crippen LogP contribution is 2.36. The van der Waals surface area contributed by atoms with Gasteiger partial charge in [0.2, 0.25) is 0 Å². The molecule has 0 atom stereocenters. The van der Waals surface area contributed by atoms with E-state index in [1.54, 1.807) is 0 Å². The number of anilines is 2. The van der Waals surface area contributed by atoms with Gasteiger partial charge in [-0.3, -0.25) is 9.13 Å². The average Bonchev–Trinajstić information content (AvgIpc) is 3.74. The second-order valence-electron chi connectivity index (χ2n) is 12.5. The molecule has 0 spiro atoms. The predicted octanol–water partition coefficient (Wildman–Crippen LogP) is 10.6. The van der Waals surface area contributed by atoms with Crippen LogP contribution in [0.5, 0.6) is 0 Å². The molecule has 0 aliphatic heterocycles. The largest absolute Gasteiger partial charge is 0.345 e. The van der Waals surface area contributed by atoms with Gasteiger partial charge in [-0.1, -0.05) is 100 Å². The Morgan fingerprint density at radius 2 is 1.20 bits per heavy atom. The first-order chi connectivity index (χ1) is 22.4. The van der Waals surface area contributed by atoms with Crippen LogP contribution in [0.4, 0.5) is 11.4 Å². The van der Waals surface area contributed by atoms with E-state index in [0.29, 0.717) is 11.8 Å². The summed E-state index contributed by atoms with van der Waals surface area (Å²) >= 11 is 0. The molecule has 5 heteroatoms. The zero-order valence-electron chi connectivity index (χ0n) is 27.1. The van der Waals surface area contributed by atoms with Crippen molar-refractivity contribution in [1.29, 1.82) is 0 Å². The predicted molar refractivity (Wildman–Crippen MR) is 192 cm³/mol. The fourth-order valence-corrected chi connectivity index (χ4v) is 6.40. The maximum absolute atomic E-state index is 5.09. The van der Waals surface area contributed by atoms with Crippen LogP contribution in [-0.4, -0.2) is 26.1 Å². The number of fused-ring (bicyclic) bond motifs is 1. The summed E-state index contributed by atoms with van der Waals surface area (Å²) in [5, 5.41) is 0. The first-order valence-electron chi connectivity index (χ1n) is 16.0. The number of imidazole rings is 2. The maximum atomic E-state index is 5.09. The zero-order valence-corrected chi connectivity index (χ0v) is 27.1. The van der Waals surface area contributed by atoms with Gasteiger partial charge in [0.25, 0.3) is 0 Å². The monoisotopic (exact) mass is 601 g/mol. The van der Waals surface area contributed by atoms with E-state index in [2.05, 4.69) is 164 Å². The van der Waals surface area contributed by atoms with Crippen LogP contribution in [0.1, 0.15) is 50.7 Å². The van der Waals surface area contributed by atoms with Crippen LogP contribution >= 0.6 is 0 Å². The number of hydrogen-bond donors (Lipinski definition) is 0. The molecule has 7 aromatic rings. The van der Waals surface area contributed by atoms with E-state index >= 15 is 0 Å². The summed E-state index contributed by atoms with van der Waals surface area (Å²) in [6.45, 7) is 9.05. The first-order valence-corrected chi connectivity index (χ1v) is 16.0. The lowest BCUT2D eigenvalue weighted by molar-refractivity contribution is 0.806. The molecule has 5 nitrogen and oxygen atoms in total. The van der Waals surface area contributed by atoms with Crippen molar-refractivity contribution in [2.24, 2.45) is 0 Å². The van der Waals surface area contributed by atoms with Crippen LogP contribution in [-0.2, 0) is 0 Å². The van der Waals surface area contributed by atoms with Gasteiger partial charge in [-0.15, -0.1) is 0 Å². The van der Waals surface area contributed by atoms with Gasteiger partial charge in [0, 0.05) is 47.6 Å². The van der Waals surface area contributed by atoms with E-state index in [-0.39, 0.29) is 0 Å². The van der Waals surface area contributed by atoms with Gasteiger partial charge in [0.05, 0.1) is 16.7 Å². The molecule has 46 heavy (non-hydrogen) atoms. The molecule has 7 rings (SSSR count). The summed E-state index contributed by atoms with van der Waals surface area (Å²) < 4.78 is 4.52. The number of hydrogen-bond acceptors (Lipinski definition) is 3. The third-order valence-electron chi connectivity index (χ3n) is 8.78. The highest BCUT2D eigenvalue weighted by molar-refractivity contribution is 5.84. The second kappa shape index (κ2) is 12.2. The number of nitrogens with zero attached hydrogens (tertiary/aromatic N) is 5. The minimum Gasteiger partial charge on any atom is -0.345 e. The Bertz CT molecular complexity index is 2110. The van der Waals surface area contributed by atoms with Gasteiger partial charge in [0.15, 0.2) is 0 Å². The van der Waals surface area contributed by atoms with Gasteiger partial charge in [0.1, 0.15) is 11.6 Å². The summed E-state index contributed by atoms with van der Waals surface area (Å²) in [6, 6.07) is 42.8. The molecule has 0 saturated carbocycles. The van der Waals surface area contributed by atoms with Gasteiger partial charge in [-0.05, 0) is 71.5 Å². The Kier molecular flexibility index (Phi) is 7.75. The standard InChI is InChI=1S/C41H39N5/c1-28(2)35-20-13-21-36(29(3)4)39(35)45-25-24-42-40(45)30-14-11-18-33(26-30)44(5)34-19-12-15-31(27-34)41-43-37-22-9-10-23-38(37)46(41)32-16-7-6-8-17-32/h6-29H,1-5H3. The van der Waals surface area contributed by atoms with Crippen molar-refractivity contribution in [2.75, 3.05) is 11.9 Å². The molecule has 2 aromatic heterocycles. The Balaban J connectivity index is 1.28. The normalized spacial score (nSPS) is 11.5. The fraction of sp³-hybridized carbons (Fsp3) is 0.171. The van der Waals surface area contributed by atoms with Crippen LogP contribution in [0.2, 0.25) is 0 Å². The van der Waals surface area contributed by atoms with E-state index in [9.17, 15) is 0 Å². The lowest BCUT2D eigenvalue weighted by Gasteiger charge is -2.23. The van der Waals surface area contributed by atoms with Crippen molar-refractivity contribution in [1.82, 2.24) is 19.1 Å². The quantitative estimate of drug-likeness (QED) is 0.174. The Labute approximate surface area is 271 Å². The Morgan fingerprint density at radius 3 is 1.85 bits per heavy atom. The molecule has 0 bridgehead atoms. The Hall–Kier alpha value is -5.42. The summed E-state index contributed by atoms with van der Waals surface area (Å²) in [7, 11) is 2.12. The Morgan fingerprint density at radius 1 is 0.609 bits per heavy atom. The molecule has 228 valence electrons. The third-order valence-corrected chi connectivity index (χ3v) is 8.78. The second-order valence-corrected chi connectivity index (χ2v) is 12.5. The molecular weight excluding hydrogens is 562 g/mol. The number of benzene rings is 5. The van der Waals surface area contributed by atoms with Crippen LogP contribution in [0.25, 0.3) is 45.2 Å². The SMILES string of the molecule is CC(C)c1cccc(C(C)C)c1-n1ccnc1-c1cccc(N(C)c2cccc(-c3nc4ccccc4n3-c3ccccc3)c2)c1. The molecule has 0 radical (unpaired) electrons. The molecule has 5 aromatic carbocycles. The van der Waals surface area contributed by atoms with Crippen LogP contribution in [0, 0.1) is 0 Å². The smallest absolute Gasteiger partial charge is 0.145 e. The highest BCUT2D eigenvalue weighted by atomic mass is 15.1. The van der Waals surface area contributed by atoms with Gasteiger partial charge in [-0.25, -0.2) is 9.97 Å². The molecule has 2 heterocycles. The van der Waals surface area contributed by atoms with Crippen LogP contribution in [0.15, 0.2) is 134 Å². The van der Waals surface area contributed by atoms with Crippen molar-refractivity contribution in [3.8, 4) is 34.2 Å².